The molecule has 0 bridgehead atoms. The molecule has 0 unspecified atom stereocenters. The van der Waals surface area contributed by atoms with E-state index in [-0.39, 0.29) is 41.5 Å². The zero-order chi connectivity index (χ0) is 30.0. The maximum Gasteiger partial charge on any atom is 0.246 e. The number of anilines is 1. The molecule has 9 heteroatoms. The smallest absolute Gasteiger partial charge is 0.246 e. The van der Waals surface area contributed by atoms with Crippen molar-refractivity contribution in [2.75, 3.05) is 11.5 Å². The predicted octanol–water partition coefficient (Wildman–Crippen LogP) is 4.89. The van der Waals surface area contributed by atoms with Crippen LogP contribution in [0, 0.1) is 23.7 Å². The van der Waals surface area contributed by atoms with Crippen molar-refractivity contribution in [3.05, 3.63) is 101 Å². The number of halogens is 1. The summed E-state index contributed by atoms with van der Waals surface area (Å²) in [5.74, 6) is -4.36. The summed E-state index contributed by atoms with van der Waals surface area (Å²) < 4.78 is 5.75. The van der Waals surface area contributed by atoms with Crippen molar-refractivity contribution in [2.45, 2.75) is 31.1 Å². The summed E-state index contributed by atoms with van der Waals surface area (Å²) in [6, 6.07) is 21.0. The highest BCUT2D eigenvalue weighted by Crippen LogP contribution is 2.64. The van der Waals surface area contributed by atoms with Gasteiger partial charge in [-0.15, -0.1) is 0 Å². The van der Waals surface area contributed by atoms with Gasteiger partial charge in [0.1, 0.15) is 0 Å². The molecule has 2 heterocycles. The summed E-state index contributed by atoms with van der Waals surface area (Å²) in [5, 5.41) is 13.5. The van der Waals surface area contributed by atoms with Crippen LogP contribution < -0.4 is 15.0 Å². The number of imide groups is 2. The third-order valence-electron chi connectivity index (χ3n) is 9.63. The van der Waals surface area contributed by atoms with E-state index < -0.39 is 35.0 Å². The monoisotopic (exact) mass is 596 g/mol. The number of ether oxygens (including phenoxy) is 1. The fourth-order valence-electron chi connectivity index (χ4n) is 8.01. The van der Waals surface area contributed by atoms with E-state index in [1.54, 1.807) is 36.4 Å². The standard InChI is InChI=1S/C34H29ClN2O6/c1-2-43-27-15-18(11-14-26(27)38)29-22-12-13-23-28(31(40)36-30(23)39)24(22)17-25-32(41)37(21-10-6-9-20(35)16-21)33(42)34(25,29)19-7-4-3-5-8-19/h3-12,14-16,23-25,28-29,38H,2,13,17H2,1H3,(H,36,39,40)/t23-,24+,25-,28-,29-,34+/m0/s1. The number of hydrogen-bond donors (Lipinski definition) is 2. The molecule has 2 saturated heterocycles. The number of amides is 4. The van der Waals surface area contributed by atoms with E-state index in [4.69, 9.17) is 16.3 Å². The molecule has 4 aliphatic rings. The fraction of sp³-hybridized carbons (Fsp3) is 0.294. The molecular weight excluding hydrogens is 568 g/mol. The lowest BCUT2D eigenvalue weighted by Gasteiger charge is -2.50. The second-order valence-electron chi connectivity index (χ2n) is 11.6. The van der Waals surface area contributed by atoms with Gasteiger partial charge in [-0.2, -0.15) is 0 Å². The molecule has 1 saturated carbocycles. The van der Waals surface area contributed by atoms with Gasteiger partial charge in [0.05, 0.1) is 35.5 Å². The number of carbonyl (C=O) groups excluding carboxylic acids is 4. The van der Waals surface area contributed by atoms with Crippen LogP contribution in [0.1, 0.15) is 36.8 Å². The lowest BCUT2D eigenvalue weighted by atomic mass is 9.49. The van der Waals surface area contributed by atoms with Gasteiger partial charge in [0, 0.05) is 10.9 Å². The summed E-state index contributed by atoms with van der Waals surface area (Å²) in [7, 11) is 0. The largest absolute Gasteiger partial charge is 0.504 e. The normalized spacial score (nSPS) is 29.5. The second kappa shape index (κ2) is 10.1. The number of aromatic hydroxyl groups is 1. The molecule has 0 radical (unpaired) electrons. The van der Waals surface area contributed by atoms with Crippen molar-refractivity contribution in [3.8, 4) is 11.5 Å². The van der Waals surface area contributed by atoms with Gasteiger partial charge in [0.2, 0.25) is 23.6 Å². The Kier molecular flexibility index (Phi) is 6.43. The van der Waals surface area contributed by atoms with Gasteiger partial charge in [0.25, 0.3) is 0 Å². The van der Waals surface area contributed by atoms with E-state index in [0.29, 0.717) is 34.9 Å². The maximum absolute atomic E-state index is 15.1. The Balaban J connectivity index is 1.52. The molecule has 2 aliphatic heterocycles. The molecule has 2 aliphatic carbocycles. The van der Waals surface area contributed by atoms with Crippen molar-refractivity contribution in [3.63, 3.8) is 0 Å². The summed E-state index contributed by atoms with van der Waals surface area (Å²) >= 11 is 6.33. The number of fused-ring (bicyclic) bond motifs is 4. The van der Waals surface area contributed by atoms with Crippen LogP contribution in [0.25, 0.3) is 0 Å². The predicted molar refractivity (Wildman–Crippen MR) is 159 cm³/mol. The van der Waals surface area contributed by atoms with Crippen LogP contribution in [0.2, 0.25) is 5.02 Å². The van der Waals surface area contributed by atoms with Crippen LogP contribution in [-0.4, -0.2) is 35.3 Å². The van der Waals surface area contributed by atoms with E-state index in [0.717, 1.165) is 5.57 Å². The lowest BCUT2D eigenvalue weighted by Crippen LogP contribution is -2.53. The maximum atomic E-state index is 15.1. The molecule has 4 amide bonds. The topological polar surface area (TPSA) is 113 Å². The number of nitrogens with one attached hydrogen (secondary N) is 1. The Morgan fingerprint density at radius 1 is 0.977 bits per heavy atom. The van der Waals surface area contributed by atoms with Crippen molar-refractivity contribution in [1.29, 1.82) is 0 Å². The van der Waals surface area contributed by atoms with Crippen molar-refractivity contribution >= 4 is 40.9 Å². The summed E-state index contributed by atoms with van der Waals surface area (Å²) in [6.45, 7) is 2.12. The molecule has 2 N–H and O–H groups in total. The third kappa shape index (κ3) is 3.89. The first-order valence-electron chi connectivity index (χ1n) is 14.5. The molecule has 0 aromatic heterocycles. The van der Waals surface area contributed by atoms with Crippen LogP contribution >= 0.6 is 11.6 Å². The highest BCUT2D eigenvalue weighted by Gasteiger charge is 2.69. The summed E-state index contributed by atoms with van der Waals surface area (Å²) in [6.07, 6.45) is 2.55. The third-order valence-corrected chi connectivity index (χ3v) is 9.86. The number of allylic oxidation sites excluding steroid dienone is 2. The number of phenols is 1. The van der Waals surface area contributed by atoms with Crippen molar-refractivity contribution < 1.29 is 29.0 Å². The van der Waals surface area contributed by atoms with E-state index in [9.17, 15) is 19.5 Å². The van der Waals surface area contributed by atoms with Crippen molar-refractivity contribution in [1.82, 2.24) is 5.32 Å². The number of nitrogens with zero attached hydrogens (tertiary/aromatic N) is 1. The van der Waals surface area contributed by atoms with E-state index in [2.05, 4.69) is 5.32 Å². The minimum absolute atomic E-state index is 0.0453. The Morgan fingerprint density at radius 3 is 2.51 bits per heavy atom. The van der Waals surface area contributed by atoms with E-state index in [1.165, 1.54) is 11.0 Å². The highest BCUT2D eigenvalue weighted by atomic mass is 35.5. The quantitative estimate of drug-likeness (QED) is 0.320. The molecule has 3 aromatic carbocycles. The van der Waals surface area contributed by atoms with Gasteiger partial charge >= 0.3 is 0 Å². The molecule has 7 rings (SSSR count). The van der Waals surface area contributed by atoms with Gasteiger partial charge < -0.3 is 9.84 Å². The molecule has 6 atom stereocenters. The van der Waals surface area contributed by atoms with E-state index in [1.807, 2.05) is 43.3 Å². The highest BCUT2D eigenvalue weighted by molar-refractivity contribution is 6.32. The number of hydrogen-bond acceptors (Lipinski definition) is 6. The lowest BCUT2D eigenvalue weighted by molar-refractivity contribution is -0.128. The van der Waals surface area contributed by atoms with Crippen LogP contribution in [0.15, 0.2) is 84.4 Å². The molecule has 0 spiro atoms. The number of carbonyl (C=O) groups is 4. The van der Waals surface area contributed by atoms with Gasteiger partial charge in [-0.3, -0.25) is 24.5 Å². The van der Waals surface area contributed by atoms with Crippen LogP contribution in [-0.2, 0) is 24.6 Å². The molecule has 218 valence electrons. The SMILES string of the molecule is CCOc1cc([C@H]2C3=CC[C@@H]4C(=O)NC(=O)[C@@H]4[C@@H]3C[C@H]3C(=O)N(c4cccc(Cl)c4)C(=O)[C@@]23c2ccccc2)ccc1O. The van der Waals surface area contributed by atoms with Gasteiger partial charge in [-0.1, -0.05) is 65.7 Å². The molecule has 8 nitrogen and oxygen atoms in total. The summed E-state index contributed by atoms with van der Waals surface area (Å²) in [5.41, 5.74) is 1.18. The average Bonchev–Trinajstić information content (AvgIpc) is 3.42. The number of phenolic OH excluding ortho intramolecular Hbond substituents is 1. The summed E-state index contributed by atoms with van der Waals surface area (Å²) in [4.78, 5) is 56.9. The fourth-order valence-corrected chi connectivity index (χ4v) is 8.20. The molecule has 3 fully saturated rings. The number of benzene rings is 3. The van der Waals surface area contributed by atoms with Crippen LogP contribution in [0.3, 0.4) is 0 Å². The minimum Gasteiger partial charge on any atom is -0.504 e. The van der Waals surface area contributed by atoms with Gasteiger partial charge in [-0.05, 0) is 67.1 Å². The Hall–Kier alpha value is -4.43. The van der Waals surface area contributed by atoms with Gasteiger partial charge in [-0.25, -0.2) is 4.90 Å². The first-order chi connectivity index (χ1) is 20.8. The molecule has 3 aromatic rings. The Morgan fingerprint density at radius 2 is 1.77 bits per heavy atom. The zero-order valence-corrected chi connectivity index (χ0v) is 24.1. The van der Waals surface area contributed by atoms with Crippen molar-refractivity contribution in [2.24, 2.45) is 23.7 Å². The molecular formula is C34H29ClN2O6. The minimum atomic E-state index is -1.38. The van der Waals surface area contributed by atoms with Crippen LogP contribution in [0.4, 0.5) is 5.69 Å². The van der Waals surface area contributed by atoms with Crippen LogP contribution in [0.5, 0.6) is 11.5 Å². The van der Waals surface area contributed by atoms with Gasteiger partial charge in [0.15, 0.2) is 11.5 Å². The second-order valence-corrected chi connectivity index (χ2v) is 12.0. The first-order valence-corrected chi connectivity index (χ1v) is 14.8. The first kappa shape index (κ1) is 27.4. The number of rotatable bonds is 5. The Bertz CT molecular complexity index is 1720. The zero-order valence-electron chi connectivity index (χ0n) is 23.3. The molecule has 43 heavy (non-hydrogen) atoms. The Labute approximate surface area is 253 Å². The average molecular weight is 597 g/mol. The van der Waals surface area contributed by atoms with E-state index >= 15 is 4.79 Å².